The van der Waals surface area contributed by atoms with Gasteiger partial charge in [-0.05, 0) is 69.1 Å². The summed E-state index contributed by atoms with van der Waals surface area (Å²) in [4.78, 5) is 26.5. The standard InChI is InChI=1S/C25H28ClN5O2/c26-19-3-4-20(27-16-19)18-33-23-9-14-31(25(32)15-23)22-5-6-24(28-17-22)30-12-7-21(8-13-30)29-10-1-2-11-29/h3-6,9,14-17,21H,1-2,7-8,10-13,18H2. The fourth-order valence-corrected chi connectivity index (χ4v) is 4.80. The van der Waals surface area contributed by atoms with E-state index in [0.717, 1.165) is 36.3 Å². The van der Waals surface area contributed by atoms with Gasteiger partial charge >= 0.3 is 0 Å². The molecule has 8 heteroatoms. The van der Waals surface area contributed by atoms with Crippen LogP contribution in [0.25, 0.3) is 5.69 Å². The van der Waals surface area contributed by atoms with Crippen LogP contribution in [-0.2, 0) is 6.61 Å². The topological polar surface area (TPSA) is 63.5 Å². The lowest BCUT2D eigenvalue weighted by atomic mass is 10.0. The van der Waals surface area contributed by atoms with Crippen LogP contribution in [0.4, 0.5) is 5.82 Å². The number of aromatic nitrogens is 3. The molecule has 0 N–H and O–H groups in total. The van der Waals surface area contributed by atoms with E-state index in [2.05, 4.69) is 19.8 Å². The second-order valence-corrected chi connectivity index (χ2v) is 9.10. The quantitative estimate of drug-likeness (QED) is 0.549. The van der Waals surface area contributed by atoms with E-state index in [-0.39, 0.29) is 12.2 Å². The first-order valence-electron chi connectivity index (χ1n) is 11.6. The van der Waals surface area contributed by atoms with Gasteiger partial charge in [0.15, 0.2) is 0 Å². The fraction of sp³-hybridized carbons (Fsp3) is 0.400. The highest BCUT2D eigenvalue weighted by molar-refractivity contribution is 6.30. The molecule has 172 valence electrons. The molecular formula is C25H28ClN5O2. The molecule has 0 unspecified atom stereocenters. The first-order chi connectivity index (χ1) is 16.2. The van der Waals surface area contributed by atoms with Crippen molar-refractivity contribution in [1.29, 1.82) is 0 Å². The molecule has 7 nitrogen and oxygen atoms in total. The summed E-state index contributed by atoms with van der Waals surface area (Å²) in [6.45, 7) is 4.84. The monoisotopic (exact) mass is 465 g/mol. The maximum absolute atomic E-state index is 12.7. The number of hydrogen-bond donors (Lipinski definition) is 0. The van der Waals surface area contributed by atoms with Crippen molar-refractivity contribution in [1.82, 2.24) is 19.4 Å². The number of pyridine rings is 3. The minimum Gasteiger partial charge on any atom is -0.487 e. The summed E-state index contributed by atoms with van der Waals surface area (Å²) < 4.78 is 7.28. The van der Waals surface area contributed by atoms with Crippen LogP contribution in [0.15, 0.2) is 59.8 Å². The maximum Gasteiger partial charge on any atom is 0.258 e. The van der Waals surface area contributed by atoms with E-state index in [0.29, 0.717) is 10.8 Å². The zero-order valence-electron chi connectivity index (χ0n) is 18.6. The van der Waals surface area contributed by atoms with Gasteiger partial charge in [0.05, 0.1) is 22.6 Å². The number of likely N-dealkylation sites (tertiary alicyclic amines) is 1. The number of halogens is 1. The first kappa shape index (κ1) is 21.9. The van der Waals surface area contributed by atoms with Crippen molar-refractivity contribution >= 4 is 17.4 Å². The van der Waals surface area contributed by atoms with E-state index < -0.39 is 0 Å². The van der Waals surface area contributed by atoms with Crippen LogP contribution in [0, 0.1) is 0 Å². The SMILES string of the molecule is O=c1cc(OCc2ccc(Cl)cn2)ccn1-c1ccc(N2CCC(N3CCCC3)CC2)nc1. The number of ether oxygens (including phenoxy) is 1. The molecule has 0 atom stereocenters. The van der Waals surface area contributed by atoms with E-state index in [1.807, 2.05) is 12.1 Å². The highest BCUT2D eigenvalue weighted by atomic mass is 35.5. The average molecular weight is 466 g/mol. The molecule has 2 saturated heterocycles. The third kappa shape index (κ3) is 5.20. The van der Waals surface area contributed by atoms with Crippen molar-refractivity contribution in [2.45, 2.75) is 38.3 Å². The summed E-state index contributed by atoms with van der Waals surface area (Å²) in [5, 5.41) is 0.576. The molecular weight excluding hydrogens is 438 g/mol. The number of anilines is 1. The molecule has 0 amide bonds. The summed E-state index contributed by atoms with van der Waals surface area (Å²) in [6.07, 6.45) is 10.1. The molecule has 2 aliphatic heterocycles. The minimum atomic E-state index is -0.169. The Morgan fingerprint density at radius 1 is 0.970 bits per heavy atom. The van der Waals surface area contributed by atoms with Crippen molar-refractivity contribution in [2.24, 2.45) is 0 Å². The molecule has 5 heterocycles. The second kappa shape index (κ2) is 9.93. The summed E-state index contributed by atoms with van der Waals surface area (Å²) in [5.41, 5.74) is 1.31. The van der Waals surface area contributed by atoms with E-state index in [4.69, 9.17) is 16.3 Å². The average Bonchev–Trinajstić information content (AvgIpc) is 3.39. The predicted octanol–water partition coefficient (Wildman–Crippen LogP) is 3.92. The van der Waals surface area contributed by atoms with Crippen LogP contribution in [0.1, 0.15) is 31.4 Å². The van der Waals surface area contributed by atoms with Gasteiger partial charge in [-0.1, -0.05) is 11.6 Å². The Kier molecular flexibility index (Phi) is 6.60. The molecule has 5 rings (SSSR count). The molecule has 0 radical (unpaired) electrons. The molecule has 33 heavy (non-hydrogen) atoms. The lowest BCUT2D eigenvalue weighted by molar-refractivity contribution is 0.207. The lowest BCUT2D eigenvalue weighted by Gasteiger charge is -2.37. The number of nitrogens with zero attached hydrogens (tertiary/aromatic N) is 5. The van der Waals surface area contributed by atoms with Crippen LogP contribution < -0.4 is 15.2 Å². The van der Waals surface area contributed by atoms with Gasteiger partial charge in [0.25, 0.3) is 5.56 Å². The fourth-order valence-electron chi connectivity index (χ4n) is 4.69. The number of piperidine rings is 1. The third-order valence-electron chi connectivity index (χ3n) is 6.52. The molecule has 3 aromatic heterocycles. The Balaban J connectivity index is 1.20. The summed E-state index contributed by atoms with van der Waals surface area (Å²) in [7, 11) is 0. The van der Waals surface area contributed by atoms with Crippen LogP contribution in [-0.4, -0.2) is 51.7 Å². The summed E-state index contributed by atoms with van der Waals surface area (Å²) >= 11 is 5.85. The van der Waals surface area contributed by atoms with Crippen molar-refractivity contribution in [3.8, 4) is 11.4 Å². The van der Waals surface area contributed by atoms with Gasteiger partial charge in [0.2, 0.25) is 0 Å². The van der Waals surface area contributed by atoms with E-state index >= 15 is 0 Å². The van der Waals surface area contributed by atoms with Crippen LogP contribution in [0.3, 0.4) is 0 Å². The summed E-state index contributed by atoms with van der Waals surface area (Å²) in [6, 6.07) is 11.5. The Bertz CT molecular complexity index is 1120. The molecule has 3 aromatic rings. The second-order valence-electron chi connectivity index (χ2n) is 8.66. The molecule has 0 saturated carbocycles. The number of hydrogen-bond acceptors (Lipinski definition) is 6. The van der Waals surface area contributed by atoms with Gasteiger partial charge in [-0.15, -0.1) is 0 Å². The van der Waals surface area contributed by atoms with Crippen molar-refractivity contribution in [2.75, 3.05) is 31.1 Å². The highest BCUT2D eigenvalue weighted by Gasteiger charge is 2.26. The van der Waals surface area contributed by atoms with Crippen LogP contribution >= 0.6 is 11.6 Å². The first-order valence-corrected chi connectivity index (χ1v) is 11.9. The Morgan fingerprint density at radius 2 is 1.79 bits per heavy atom. The highest BCUT2D eigenvalue weighted by Crippen LogP contribution is 2.24. The molecule has 2 fully saturated rings. The van der Waals surface area contributed by atoms with Crippen molar-refractivity contribution in [3.63, 3.8) is 0 Å². The summed E-state index contributed by atoms with van der Waals surface area (Å²) in [5.74, 6) is 1.47. The van der Waals surface area contributed by atoms with E-state index in [1.165, 1.54) is 44.8 Å². The number of rotatable bonds is 6. The van der Waals surface area contributed by atoms with Crippen molar-refractivity contribution < 1.29 is 4.74 Å². The third-order valence-corrected chi connectivity index (χ3v) is 6.75. The molecule has 0 aromatic carbocycles. The van der Waals surface area contributed by atoms with Gasteiger partial charge in [-0.3, -0.25) is 14.3 Å². The normalized spacial score (nSPS) is 17.4. The molecule has 0 aliphatic carbocycles. The maximum atomic E-state index is 12.7. The molecule has 0 spiro atoms. The largest absolute Gasteiger partial charge is 0.487 e. The van der Waals surface area contributed by atoms with E-state index in [1.54, 1.807) is 41.4 Å². The molecule has 0 bridgehead atoms. The van der Waals surface area contributed by atoms with Gasteiger partial charge < -0.3 is 14.5 Å². The zero-order valence-corrected chi connectivity index (χ0v) is 19.3. The van der Waals surface area contributed by atoms with Gasteiger partial charge in [0, 0.05) is 37.6 Å². The van der Waals surface area contributed by atoms with Crippen molar-refractivity contribution in [3.05, 3.63) is 76.1 Å². The van der Waals surface area contributed by atoms with Crippen LogP contribution in [0.5, 0.6) is 5.75 Å². The Morgan fingerprint density at radius 3 is 2.45 bits per heavy atom. The van der Waals surface area contributed by atoms with Gasteiger partial charge in [-0.2, -0.15) is 0 Å². The van der Waals surface area contributed by atoms with Gasteiger partial charge in [-0.25, -0.2) is 4.98 Å². The lowest BCUT2D eigenvalue weighted by Crippen LogP contribution is -2.44. The van der Waals surface area contributed by atoms with E-state index in [9.17, 15) is 4.79 Å². The molecule has 2 aliphatic rings. The van der Waals surface area contributed by atoms with Gasteiger partial charge in [0.1, 0.15) is 18.2 Å². The Hall–Kier alpha value is -2.90. The minimum absolute atomic E-state index is 0.169. The van der Waals surface area contributed by atoms with Crippen LogP contribution in [0.2, 0.25) is 5.02 Å². The Labute approximate surface area is 198 Å². The smallest absolute Gasteiger partial charge is 0.258 e. The zero-order chi connectivity index (χ0) is 22.6. The predicted molar refractivity (Wildman–Crippen MR) is 129 cm³/mol.